The maximum absolute atomic E-state index is 5.28. The third-order valence-electron chi connectivity index (χ3n) is 2.35. The van der Waals surface area contributed by atoms with E-state index >= 15 is 0 Å². The van der Waals surface area contributed by atoms with Gasteiger partial charge in [-0.3, -0.25) is 5.32 Å². The first kappa shape index (κ1) is 10.7. The molecule has 0 aliphatic carbocycles. The molecule has 0 bridgehead atoms. The van der Waals surface area contributed by atoms with Crippen molar-refractivity contribution >= 4 is 5.65 Å². The number of hydrogen-bond acceptors (Lipinski definition) is 3. The Kier molecular flexibility index (Phi) is 2.88. The summed E-state index contributed by atoms with van der Waals surface area (Å²) in [5.74, 6) is 2.62. The van der Waals surface area contributed by atoms with Gasteiger partial charge in [0, 0.05) is 30.6 Å². The summed E-state index contributed by atoms with van der Waals surface area (Å²) >= 11 is 0. The lowest BCUT2D eigenvalue weighted by molar-refractivity contribution is 0.643. The Hall–Kier alpha value is -1.86. The lowest BCUT2D eigenvalue weighted by Crippen LogP contribution is -2.23. The first-order chi connectivity index (χ1) is 7.69. The zero-order chi connectivity index (χ0) is 11.5. The van der Waals surface area contributed by atoms with E-state index in [-0.39, 0.29) is 6.04 Å². The lowest BCUT2D eigenvalue weighted by atomic mass is 10.3. The van der Waals surface area contributed by atoms with E-state index in [1.807, 2.05) is 32.3 Å². The molecule has 2 aromatic heterocycles. The Morgan fingerprint density at radius 1 is 1.62 bits per heavy atom. The van der Waals surface area contributed by atoms with Crippen molar-refractivity contribution in [2.75, 3.05) is 0 Å². The Labute approximate surface area is 94.7 Å². The first-order valence-electron chi connectivity index (χ1n) is 5.19. The summed E-state index contributed by atoms with van der Waals surface area (Å²) in [7, 11) is 0. The number of rotatable bonds is 3. The molecule has 2 aromatic rings. The summed E-state index contributed by atoms with van der Waals surface area (Å²) in [5.41, 5.74) is 2.90. The molecule has 0 aromatic carbocycles. The number of aromatic nitrogens is 3. The van der Waals surface area contributed by atoms with E-state index in [2.05, 4.69) is 21.3 Å². The number of nitrogens with one attached hydrogen (secondary N) is 1. The standard InChI is InChI=1S/C12H14N4/c1-4-9(2)13-6-11-7-14-12-5-10(3)15-16(12)8-11/h1,5,7-9,13H,6H2,2-3H3. The van der Waals surface area contributed by atoms with E-state index in [1.54, 1.807) is 4.52 Å². The van der Waals surface area contributed by atoms with Gasteiger partial charge >= 0.3 is 0 Å². The van der Waals surface area contributed by atoms with Crippen LogP contribution in [0.4, 0.5) is 0 Å². The average molecular weight is 214 g/mol. The number of aryl methyl sites for hydroxylation is 1. The molecule has 0 aliphatic rings. The van der Waals surface area contributed by atoms with E-state index in [0.29, 0.717) is 6.54 Å². The van der Waals surface area contributed by atoms with Crippen LogP contribution in [0.3, 0.4) is 0 Å². The van der Waals surface area contributed by atoms with Gasteiger partial charge in [-0.05, 0) is 13.8 Å². The molecule has 4 nitrogen and oxygen atoms in total. The molecule has 2 heterocycles. The van der Waals surface area contributed by atoms with Gasteiger partial charge in [0.05, 0.1) is 11.7 Å². The maximum atomic E-state index is 5.28. The Morgan fingerprint density at radius 2 is 2.44 bits per heavy atom. The fourth-order valence-corrected chi connectivity index (χ4v) is 1.46. The van der Waals surface area contributed by atoms with E-state index in [1.165, 1.54) is 0 Å². The molecule has 0 spiro atoms. The van der Waals surface area contributed by atoms with E-state index in [0.717, 1.165) is 16.9 Å². The van der Waals surface area contributed by atoms with Crippen molar-refractivity contribution in [2.45, 2.75) is 26.4 Å². The molecule has 4 heteroatoms. The van der Waals surface area contributed by atoms with Crippen molar-refractivity contribution in [2.24, 2.45) is 0 Å². The molecule has 0 aliphatic heterocycles. The topological polar surface area (TPSA) is 42.2 Å². The van der Waals surface area contributed by atoms with Gasteiger partial charge in [-0.25, -0.2) is 9.50 Å². The number of terminal acetylenes is 1. The largest absolute Gasteiger partial charge is 0.300 e. The predicted molar refractivity (Wildman–Crippen MR) is 62.9 cm³/mol. The van der Waals surface area contributed by atoms with Gasteiger partial charge in [0.15, 0.2) is 5.65 Å². The Morgan fingerprint density at radius 3 is 3.19 bits per heavy atom. The van der Waals surface area contributed by atoms with Crippen molar-refractivity contribution in [1.29, 1.82) is 0 Å². The first-order valence-corrected chi connectivity index (χ1v) is 5.19. The van der Waals surface area contributed by atoms with Gasteiger partial charge in [-0.15, -0.1) is 6.42 Å². The third-order valence-corrected chi connectivity index (χ3v) is 2.35. The minimum atomic E-state index is 0.0649. The van der Waals surface area contributed by atoms with Crippen LogP contribution in [0.25, 0.3) is 5.65 Å². The van der Waals surface area contributed by atoms with Crippen LogP contribution >= 0.6 is 0 Å². The van der Waals surface area contributed by atoms with Gasteiger partial charge in [0.1, 0.15) is 0 Å². The average Bonchev–Trinajstić information content (AvgIpc) is 2.65. The molecular formula is C12H14N4. The van der Waals surface area contributed by atoms with Gasteiger partial charge in [-0.1, -0.05) is 5.92 Å². The summed E-state index contributed by atoms with van der Waals surface area (Å²) < 4.78 is 1.78. The smallest absolute Gasteiger partial charge is 0.155 e. The van der Waals surface area contributed by atoms with Crippen LogP contribution < -0.4 is 5.32 Å². The normalized spacial score (nSPS) is 12.6. The number of nitrogens with zero attached hydrogens (tertiary/aromatic N) is 3. The third kappa shape index (κ3) is 2.20. The van der Waals surface area contributed by atoms with Gasteiger partial charge < -0.3 is 0 Å². The second-order valence-corrected chi connectivity index (χ2v) is 3.82. The second-order valence-electron chi connectivity index (χ2n) is 3.82. The molecule has 2 rings (SSSR count). The minimum Gasteiger partial charge on any atom is -0.300 e. The minimum absolute atomic E-state index is 0.0649. The SMILES string of the molecule is C#CC(C)NCc1cnc2cc(C)nn2c1. The van der Waals surface area contributed by atoms with Gasteiger partial charge in [0.25, 0.3) is 0 Å². The summed E-state index contributed by atoms with van der Waals surface area (Å²) in [6.45, 7) is 4.60. The van der Waals surface area contributed by atoms with Gasteiger partial charge in [0.2, 0.25) is 0 Å². The molecule has 0 saturated heterocycles. The van der Waals surface area contributed by atoms with E-state index in [9.17, 15) is 0 Å². The number of hydrogen-bond donors (Lipinski definition) is 1. The van der Waals surface area contributed by atoms with Crippen LogP contribution in [0.1, 0.15) is 18.2 Å². The van der Waals surface area contributed by atoms with Crippen LogP contribution in [0, 0.1) is 19.3 Å². The van der Waals surface area contributed by atoms with Crippen molar-refractivity contribution in [3.05, 3.63) is 29.7 Å². The highest BCUT2D eigenvalue weighted by Gasteiger charge is 2.01. The highest BCUT2D eigenvalue weighted by molar-refractivity contribution is 5.38. The monoisotopic (exact) mass is 214 g/mol. The summed E-state index contributed by atoms with van der Waals surface area (Å²) in [5, 5.41) is 7.51. The number of fused-ring (bicyclic) bond motifs is 1. The summed E-state index contributed by atoms with van der Waals surface area (Å²) in [6.07, 6.45) is 9.09. The summed E-state index contributed by atoms with van der Waals surface area (Å²) in [4.78, 5) is 4.31. The Balaban J connectivity index is 2.16. The zero-order valence-electron chi connectivity index (χ0n) is 9.44. The molecule has 0 radical (unpaired) electrons. The zero-order valence-corrected chi connectivity index (χ0v) is 9.44. The molecule has 1 unspecified atom stereocenters. The Bertz CT molecular complexity index is 535. The highest BCUT2D eigenvalue weighted by atomic mass is 15.2. The molecule has 1 N–H and O–H groups in total. The molecule has 0 amide bonds. The van der Waals surface area contributed by atoms with Crippen LogP contribution in [-0.4, -0.2) is 20.6 Å². The molecule has 1 atom stereocenters. The summed E-state index contributed by atoms with van der Waals surface area (Å²) in [6, 6.07) is 2.01. The fourth-order valence-electron chi connectivity index (χ4n) is 1.46. The molecule has 0 fully saturated rings. The van der Waals surface area contributed by atoms with Crippen molar-refractivity contribution in [1.82, 2.24) is 19.9 Å². The predicted octanol–water partition coefficient (Wildman–Crippen LogP) is 1.15. The molecule has 82 valence electrons. The van der Waals surface area contributed by atoms with E-state index in [4.69, 9.17) is 6.42 Å². The van der Waals surface area contributed by atoms with Crippen molar-refractivity contribution < 1.29 is 0 Å². The van der Waals surface area contributed by atoms with Crippen LogP contribution in [0.2, 0.25) is 0 Å². The van der Waals surface area contributed by atoms with Crippen molar-refractivity contribution in [3.63, 3.8) is 0 Å². The quantitative estimate of drug-likeness (QED) is 0.779. The highest BCUT2D eigenvalue weighted by Crippen LogP contribution is 2.04. The molecular weight excluding hydrogens is 200 g/mol. The van der Waals surface area contributed by atoms with Crippen LogP contribution in [-0.2, 0) is 6.54 Å². The lowest BCUT2D eigenvalue weighted by Gasteiger charge is -2.06. The van der Waals surface area contributed by atoms with E-state index < -0.39 is 0 Å². The fraction of sp³-hybridized carbons (Fsp3) is 0.333. The maximum Gasteiger partial charge on any atom is 0.155 e. The van der Waals surface area contributed by atoms with Crippen LogP contribution in [0.5, 0.6) is 0 Å². The van der Waals surface area contributed by atoms with Crippen LogP contribution in [0.15, 0.2) is 18.5 Å². The van der Waals surface area contributed by atoms with Crippen molar-refractivity contribution in [3.8, 4) is 12.3 Å². The van der Waals surface area contributed by atoms with Gasteiger partial charge in [-0.2, -0.15) is 5.10 Å². The second kappa shape index (κ2) is 4.33. The molecule has 0 saturated carbocycles. The molecule has 16 heavy (non-hydrogen) atoms.